The van der Waals surface area contributed by atoms with Crippen LogP contribution < -0.4 is 0 Å². The minimum Gasteiger partial charge on any atom is -0.396 e. The molecule has 0 radical (unpaired) electrons. The number of benzene rings is 1. The second kappa shape index (κ2) is 4.98. The van der Waals surface area contributed by atoms with Crippen LogP contribution in [0.2, 0.25) is 0 Å². The lowest BCUT2D eigenvalue weighted by Crippen LogP contribution is -2.52. The van der Waals surface area contributed by atoms with Crippen LogP contribution in [0.3, 0.4) is 0 Å². The van der Waals surface area contributed by atoms with E-state index in [0.29, 0.717) is 17.9 Å². The van der Waals surface area contributed by atoms with Crippen molar-refractivity contribution >= 4 is 0 Å². The maximum absolute atomic E-state index is 9.13. The van der Waals surface area contributed by atoms with Crippen LogP contribution in [-0.4, -0.2) is 35.7 Å². The van der Waals surface area contributed by atoms with Crippen LogP contribution in [0, 0.1) is 5.92 Å². The molecule has 0 saturated carbocycles. The average molecular weight is 219 g/mol. The fraction of sp³-hybridized carbons (Fsp3) is 0.571. The van der Waals surface area contributed by atoms with Gasteiger partial charge in [0.1, 0.15) is 0 Å². The average Bonchev–Trinajstić information content (AvgIpc) is 2.27. The van der Waals surface area contributed by atoms with Crippen LogP contribution in [-0.2, 0) is 0 Å². The number of hydrogen-bond donors (Lipinski definition) is 1. The summed E-state index contributed by atoms with van der Waals surface area (Å²) in [5.41, 5.74) is 1.45. The topological polar surface area (TPSA) is 23.5 Å². The molecule has 1 aliphatic rings. The molecule has 0 spiro atoms. The van der Waals surface area contributed by atoms with Gasteiger partial charge in [0, 0.05) is 31.7 Å². The minimum absolute atomic E-state index is 0.285. The molecule has 0 bridgehead atoms. The van der Waals surface area contributed by atoms with Gasteiger partial charge in [-0.1, -0.05) is 37.3 Å². The Hall–Kier alpha value is -0.860. The first-order valence-electron chi connectivity index (χ1n) is 6.12. The molecule has 1 aromatic rings. The first-order chi connectivity index (χ1) is 7.72. The van der Waals surface area contributed by atoms with Gasteiger partial charge in [-0.15, -0.1) is 0 Å². The van der Waals surface area contributed by atoms with E-state index in [1.54, 1.807) is 0 Å². The van der Waals surface area contributed by atoms with Crippen LogP contribution in [0.15, 0.2) is 30.3 Å². The fourth-order valence-electron chi connectivity index (χ4n) is 2.29. The largest absolute Gasteiger partial charge is 0.396 e. The Morgan fingerprint density at radius 3 is 2.44 bits per heavy atom. The zero-order valence-electron chi connectivity index (χ0n) is 10.1. The number of nitrogens with zero attached hydrogens (tertiary/aromatic N) is 1. The Bertz CT molecular complexity index is 319. The van der Waals surface area contributed by atoms with Crippen LogP contribution in [0.25, 0.3) is 0 Å². The van der Waals surface area contributed by atoms with E-state index in [2.05, 4.69) is 49.1 Å². The molecule has 88 valence electrons. The molecule has 1 N–H and O–H groups in total. The summed E-state index contributed by atoms with van der Waals surface area (Å²) in [6, 6.07) is 11.2. The van der Waals surface area contributed by atoms with Gasteiger partial charge in [-0.25, -0.2) is 0 Å². The SMILES string of the molecule is CC(CO)C(C)N1CC(c2ccccc2)C1. The van der Waals surface area contributed by atoms with E-state index in [9.17, 15) is 0 Å². The molecule has 1 saturated heterocycles. The van der Waals surface area contributed by atoms with Crippen molar-refractivity contribution in [3.8, 4) is 0 Å². The van der Waals surface area contributed by atoms with Crippen LogP contribution >= 0.6 is 0 Å². The van der Waals surface area contributed by atoms with E-state index in [-0.39, 0.29) is 6.61 Å². The van der Waals surface area contributed by atoms with Crippen molar-refractivity contribution in [3.05, 3.63) is 35.9 Å². The van der Waals surface area contributed by atoms with E-state index in [4.69, 9.17) is 5.11 Å². The quantitative estimate of drug-likeness (QED) is 0.838. The van der Waals surface area contributed by atoms with Crippen molar-refractivity contribution in [2.75, 3.05) is 19.7 Å². The maximum atomic E-state index is 9.13. The van der Waals surface area contributed by atoms with Gasteiger partial charge in [0.05, 0.1) is 0 Å². The first kappa shape index (κ1) is 11.6. The maximum Gasteiger partial charge on any atom is 0.0471 e. The van der Waals surface area contributed by atoms with Crippen LogP contribution in [0.1, 0.15) is 25.3 Å². The summed E-state index contributed by atoms with van der Waals surface area (Å²) in [5, 5.41) is 9.13. The highest BCUT2D eigenvalue weighted by Gasteiger charge is 2.32. The lowest BCUT2D eigenvalue weighted by atomic mass is 9.88. The molecule has 1 fully saturated rings. The van der Waals surface area contributed by atoms with Crippen molar-refractivity contribution in [1.29, 1.82) is 0 Å². The molecular weight excluding hydrogens is 198 g/mol. The van der Waals surface area contributed by atoms with E-state index in [0.717, 1.165) is 13.1 Å². The zero-order chi connectivity index (χ0) is 11.5. The summed E-state index contributed by atoms with van der Waals surface area (Å²) in [4.78, 5) is 2.46. The van der Waals surface area contributed by atoms with Crippen molar-refractivity contribution < 1.29 is 5.11 Å². The Morgan fingerprint density at radius 1 is 1.25 bits per heavy atom. The summed E-state index contributed by atoms with van der Waals surface area (Å²) in [6.07, 6.45) is 0. The number of likely N-dealkylation sites (tertiary alicyclic amines) is 1. The number of aliphatic hydroxyl groups excluding tert-OH is 1. The van der Waals surface area contributed by atoms with Gasteiger partial charge in [-0.05, 0) is 18.4 Å². The fourth-order valence-corrected chi connectivity index (χ4v) is 2.29. The summed E-state index contributed by atoms with van der Waals surface area (Å²) >= 11 is 0. The number of rotatable bonds is 4. The molecular formula is C14H21NO. The predicted octanol–water partition coefficient (Wildman–Crippen LogP) is 2.10. The van der Waals surface area contributed by atoms with Crippen LogP contribution in [0.5, 0.6) is 0 Å². The lowest BCUT2D eigenvalue weighted by Gasteiger charge is -2.45. The molecule has 2 atom stereocenters. The Morgan fingerprint density at radius 2 is 1.88 bits per heavy atom. The van der Waals surface area contributed by atoms with E-state index in [1.807, 2.05) is 0 Å². The second-order valence-electron chi connectivity index (χ2n) is 4.96. The van der Waals surface area contributed by atoms with Crippen molar-refractivity contribution in [3.63, 3.8) is 0 Å². The Balaban J connectivity index is 1.86. The summed E-state index contributed by atoms with van der Waals surface area (Å²) in [6.45, 7) is 6.88. The van der Waals surface area contributed by atoms with Gasteiger partial charge in [0.2, 0.25) is 0 Å². The highest BCUT2D eigenvalue weighted by molar-refractivity contribution is 5.22. The Kier molecular flexibility index (Phi) is 3.62. The molecule has 1 aromatic carbocycles. The minimum atomic E-state index is 0.285. The molecule has 0 aromatic heterocycles. The second-order valence-corrected chi connectivity index (χ2v) is 4.96. The molecule has 0 amide bonds. The van der Waals surface area contributed by atoms with E-state index >= 15 is 0 Å². The van der Waals surface area contributed by atoms with Gasteiger partial charge in [-0.3, -0.25) is 4.90 Å². The molecule has 16 heavy (non-hydrogen) atoms. The van der Waals surface area contributed by atoms with Gasteiger partial charge in [-0.2, -0.15) is 0 Å². The van der Waals surface area contributed by atoms with Crippen molar-refractivity contribution in [1.82, 2.24) is 4.90 Å². The predicted molar refractivity (Wildman–Crippen MR) is 66.5 cm³/mol. The van der Waals surface area contributed by atoms with Gasteiger partial charge >= 0.3 is 0 Å². The van der Waals surface area contributed by atoms with E-state index in [1.165, 1.54) is 5.56 Å². The third-order valence-corrected chi connectivity index (χ3v) is 3.87. The lowest BCUT2D eigenvalue weighted by molar-refractivity contribution is 0.0514. The number of aliphatic hydroxyl groups is 1. The zero-order valence-corrected chi connectivity index (χ0v) is 10.1. The van der Waals surface area contributed by atoms with Crippen molar-refractivity contribution in [2.45, 2.75) is 25.8 Å². The molecule has 0 aliphatic carbocycles. The van der Waals surface area contributed by atoms with E-state index < -0.39 is 0 Å². The molecule has 1 aliphatic heterocycles. The van der Waals surface area contributed by atoms with Crippen molar-refractivity contribution in [2.24, 2.45) is 5.92 Å². The molecule has 2 unspecified atom stereocenters. The monoisotopic (exact) mass is 219 g/mol. The third-order valence-electron chi connectivity index (χ3n) is 3.87. The standard InChI is InChI=1S/C14H21NO/c1-11(10-16)12(2)15-8-14(9-15)13-6-4-3-5-7-13/h3-7,11-12,14,16H,8-10H2,1-2H3. The number of hydrogen-bond acceptors (Lipinski definition) is 2. The summed E-state index contributed by atoms with van der Waals surface area (Å²) in [7, 11) is 0. The molecule has 2 nitrogen and oxygen atoms in total. The van der Waals surface area contributed by atoms with Crippen LogP contribution in [0.4, 0.5) is 0 Å². The van der Waals surface area contributed by atoms with Gasteiger partial charge in [0.15, 0.2) is 0 Å². The first-order valence-corrected chi connectivity index (χ1v) is 6.12. The highest BCUT2D eigenvalue weighted by atomic mass is 16.3. The third kappa shape index (κ3) is 2.28. The summed E-state index contributed by atoms with van der Waals surface area (Å²) in [5.74, 6) is 1.06. The normalized spacial score (nSPS) is 21.4. The molecule has 2 rings (SSSR count). The Labute approximate surface area is 97.9 Å². The van der Waals surface area contributed by atoms with Gasteiger partial charge < -0.3 is 5.11 Å². The van der Waals surface area contributed by atoms with Gasteiger partial charge in [0.25, 0.3) is 0 Å². The molecule has 2 heteroatoms. The molecule has 1 heterocycles. The summed E-state index contributed by atoms with van der Waals surface area (Å²) < 4.78 is 0. The smallest absolute Gasteiger partial charge is 0.0471 e. The highest BCUT2D eigenvalue weighted by Crippen LogP contribution is 2.30.